The van der Waals surface area contributed by atoms with E-state index in [1.54, 1.807) is 11.1 Å². The molecule has 2 aliphatic heterocycles. The molecule has 0 radical (unpaired) electrons. The summed E-state index contributed by atoms with van der Waals surface area (Å²) in [5.41, 5.74) is 6.02. The molecule has 0 unspecified atom stereocenters. The summed E-state index contributed by atoms with van der Waals surface area (Å²) in [5, 5.41) is 9.58. The molecule has 1 saturated carbocycles. The summed E-state index contributed by atoms with van der Waals surface area (Å²) in [5.74, 6) is 1.54. The van der Waals surface area contributed by atoms with Crippen LogP contribution >= 0.6 is 0 Å². The lowest BCUT2D eigenvalue weighted by Gasteiger charge is -2.39. The smallest absolute Gasteiger partial charge is 0.407 e. The topological polar surface area (TPSA) is 148 Å². The zero-order valence-electron chi connectivity index (χ0n) is 31.1. The zero-order chi connectivity index (χ0) is 37.2. The van der Waals surface area contributed by atoms with Crippen molar-refractivity contribution < 1.29 is 24.2 Å². The third-order valence-electron chi connectivity index (χ3n) is 11.5. The minimum atomic E-state index is -1.11. The van der Waals surface area contributed by atoms with E-state index in [0.29, 0.717) is 32.1 Å². The van der Waals surface area contributed by atoms with Gasteiger partial charge in [-0.05, 0) is 60.8 Å². The number of H-pyrrole nitrogens is 2. The van der Waals surface area contributed by atoms with Gasteiger partial charge in [0.2, 0.25) is 11.8 Å². The van der Waals surface area contributed by atoms with Crippen LogP contribution in [0.3, 0.4) is 0 Å². The molecule has 3 amide bonds. The number of nitrogens with one attached hydrogen (secondary N) is 2. The van der Waals surface area contributed by atoms with Crippen LogP contribution in [0.4, 0.5) is 4.79 Å². The van der Waals surface area contributed by atoms with Crippen LogP contribution in [0, 0.1) is 11.8 Å². The first-order valence-corrected chi connectivity index (χ1v) is 19.1. The second-order valence-corrected chi connectivity index (χ2v) is 15.2. The Balaban J connectivity index is 1.01. The van der Waals surface area contributed by atoms with Gasteiger partial charge in [-0.15, -0.1) is 0 Å². The van der Waals surface area contributed by atoms with Gasteiger partial charge in [0.05, 0.1) is 49.1 Å². The summed E-state index contributed by atoms with van der Waals surface area (Å²) in [4.78, 5) is 60.3. The van der Waals surface area contributed by atoms with E-state index in [-0.39, 0.29) is 41.7 Å². The van der Waals surface area contributed by atoms with Crippen LogP contribution in [0.5, 0.6) is 0 Å². The molecular weight excluding hydrogens is 670 g/mol. The molecule has 280 valence electrons. The van der Waals surface area contributed by atoms with E-state index in [1.807, 2.05) is 24.9 Å². The highest BCUT2D eigenvalue weighted by Gasteiger charge is 2.40. The Morgan fingerprint density at radius 2 is 1.40 bits per heavy atom. The number of rotatable bonds is 9. The number of morpholine rings is 1. The van der Waals surface area contributed by atoms with Gasteiger partial charge in [-0.3, -0.25) is 14.5 Å². The quantitative estimate of drug-likeness (QED) is 0.169. The van der Waals surface area contributed by atoms with E-state index >= 15 is 0 Å². The average molecular weight is 722 g/mol. The first kappa shape index (κ1) is 36.4. The van der Waals surface area contributed by atoms with Crippen molar-refractivity contribution in [3.63, 3.8) is 0 Å². The summed E-state index contributed by atoms with van der Waals surface area (Å²) >= 11 is 0. The normalized spacial score (nSPS) is 22.6. The molecular formula is C41H51N7O5. The molecule has 4 aromatic rings. The van der Waals surface area contributed by atoms with E-state index in [1.165, 1.54) is 7.05 Å². The molecule has 4 heterocycles. The number of aromatic amines is 2. The average Bonchev–Trinajstić information content (AvgIpc) is 3.97. The first-order chi connectivity index (χ1) is 25.6. The van der Waals surface area contributed by atoms with E-state index in [9.17, 15) is 19.5 Å². The number of ether oxygens (including phenoxy) is 1. The Morgan fingerprint density at radius 1 is 0.811 bits per heavy atom. The number of amides is 3. The van der Waals surface area contributed by atoms with Crippen molar-refractivity contribution in [2.75, 3.05) is 33.4 Å². The molecule has 12 nitrogen and oxygen atoms in total. The van der Waals surface area contributed by atoms with Crippen LogP contribution in [-0.4, -0.2) is 103 Å². The third kappa shape index (κ3) is 7.46. The first-order valence-electron chi connectivity index (χ1n) is 19.1. The molecule has 0 spiro atoms. The second kappa shape index (κ2) is 15.6. The maximum atomic E-state index is 13.7. The van der Waals surface area contributed by atoms with Crippen LogP contribution in [-0.2, 0) is 14.3 Å². The molecule has 12 heteroatoms. The number of carbonyl (C=O) groups excluding carboxylic acids is 2. The number of hydrogen-bond donors (Lipinski definition) is 3. The Bertz CT molecular complexity index is 1900. The molecule has 0 bridgehead atoms. The molecule has 53 heavy (non-hydrogen) atoms. The lowest BCUT2D eigenvalue weighted by Crippen LogP contribution is -2.51. The Kier molecular flexibility index (Phi) is 10.7. The van der Waals surface area contributed by atoms with Crippen molar-refractivity contribution in [1.29, 1.82) is 0 Å². The maximum Gasteiger partial charge on any atom is 0.407 e. The van der Waals surface area contributed by atoms with Crippen molar-refractivity contribution in [2.45, 2.75) is 83.3 Å². The molecule has 2 aromatic carbocycles. The van der Waals surface area contributed by atoms with Gasteiger partial charge in [0, 0.05) is 32.0 Å². The predicted octanol–water partition coefficient (Wildman–Crippen LogP) is 6.95. The number of benzene rings is 2. The fourth-order valence-electron chi connectivity index (χ4n) is 8.53. The highest BCUT2D eigenvalue weighted by Crippen LogP contribution is 2.39. The number of hydrogen-bond acceptors (Lipinski definition) is 6. The Labute approximate surface area is 311 Å². The van der Waals surface area contributed by atoms with Gasteiger partial charge in [0.15, 0.2) is 0 Å². The van der Waals surface area contributed by atoms with E-state index in [2.05, 4.69) is 70.4 Å². The molecule has 7 rings (SSSR count). The van der Waals surface area contributed by atoms with Gasteiger partial charge in [0.1, 0.15) is 17.7 Å². The van der Waals surface area contributed by atoms with Crippen LogP contribution < -0.4 is 0 Å². The van der Waals surface area contributed by atoms with E-state index in [4.69, 9.17) is 9.72 Å². The lowest BCUT2D eigenvalue weighted by molar-refractivity contribution is -0.145. The number of carboxylic acid groups (broad SMARTS) is 1. The molecule has 3 N–H and O–H groups in total. The molecule has 2 aromatic heterocycles. The van der Waals surface area contributed by atoms with Gasteiger partial charge in [-0.2, -0.15) is 0 Å². The van der Waals surface area contributed by atoms with Crippen molar-refractivity contribution >= 4 is 17.9 Å². The van der Waals surface area contributed by atoms with Gasteiger partial charge in [0.25, 0.3) is 0 Å². The summed E-state index contributed by atoms with van der Waals surface area (Å²) in [7, 11) is 1.46. The van der Waals surface area contributed by atoms with E-state index in [0.717, 1.165) is 82.9 Å². The fraction of sp³-hybridized carbons (Fsp3) is 0.488. The van der Waals surface area contributed by atoms with Crippen LogP contribution in [0.15, 0.2) is 60.9 Å². The summed E-state index contributed by atoms with van der Waals surface area (Å²) < 4.78 is 5.58. The van der Waals surface area contributed by atoms with Crippen LogP contribution in [0.25, 0.3) is 33.6 Å². The molecule has 5 atom stereocenters. The predicted molar refractivity (Wildman–Crippen MR) is 202 cm³/mol. The summed E-state index contributed by atoms with van der Waals surface area (Å²) in [6.07, 6.45) is 8.21. The summed E-state index contributed by atoms with van der Waals surface area (Å²) in [6.45, 7) is 8.24. The highest BCUT2D eigenvalue weighted by molar-refractivity contribution is 5.86. The van der Waals surface area contributed by atoms with E-state index < -0.39 is 12.1 Å². The van der Waals surface area contributed by atoms with Crippen molar-refractivity contribution in [3.8, 4) is 33.6 Å². The fourth-order valence-corrected chi connectivity index (χ4v) is 8.53. The SMILES string of the molecule is CC(C)[C@@H](C(=O)N1CCC[C@H]1c1ncc(-c2ccc(-c3ccc(-c4cnc([C@@H]5CCCC[C@H]5C(=O)N5CCOC[C@H]5C)[nH]4)cc3)cc2)[nH]1)N(C)C(=O)O. The minimum absolute atomic E-state index is 0.0567. The molecule has 3 fully saturated rings. The third-order valence-corrected chi connectivity index (χ3v) is 11.5. The zero-order valence-corrected chi connectivity index (χ0v) is 31.1. The Morgan fingerprint density at radius 3 is 2.00 bits per heavy atom. The number of likely N-dealkylation sites (N-methyl/N-ethyl adjacent to an activating group) is 1. The van der Waals surface area contributed by atoms with Crippen molar-refractivity contribution in [3.05, 3.63) is 72.6 Å². The van der Waals surface area contributed by atoms with Gasteiger partial charge in [-0.25, -0.2) is 14.8 Å². The lowest BCUT2D eigenvalue weighted by atomic mass is 9.77. The number of nitrogens with zero attached hydrogens (tertiary/aromatic N) is 5. The van der Waals surface area contributed by atoms with Gasteiger partial charge < -0.3 is 29.6 Å². The standard InChI is InChI=1S/C41H51N7O5/c1-25(2)36(46(4)41(51)52)40(50)48-19-7-10-35(48)38-43-23-34(45-38)30-17-13-28(14-18-30)27-11-15-29(16-12-27)33-22-42-37(44-33)31-8-5-6-9-32(31)39(49)47-20-21-53-24-26(47)3/h11-18,22-23,25-26,31-32,35-36H,5-10,19-21,24H2,1-4H3,(H,42,44)(H,43,45)(H,51,52)/t26-,31-,32-,35+,36+/m1/s1. The summed E-state index contributed by atoms with van der Waals surface area (Å²) in [6, 6.07) is 15.9. The molecule has 2 saturated heterocycles. The number of imidazole rings is 2. The monoisotopic (exact) mass is 721 g/mol. The van der Waals surface area contributed by atoms with Crippen molar-refractivity contribution in [1.82, 2.24) is 34.6 Å². The highest BCUT2D eigenvalue weighted by atomic mass is 16.5. The van der Waals surface area contributed by atoms with Gasteiger partial charge in [-0.1, -0.05) is 75.2 Å². The second-order valence-electron chi connectivity index (χ2n) is 15.2. The van der Waals surface area contributed by atoms with Crippen LogP contribution in [0.2, 0.25) is 0 Å². The number of aromatic nitrogens is 4. The maximum absolute atomic E-state index is 13.7. The minimum Gasteiger partial charge on any atom is -0.465 e. The van der Waals surface area contributed by atoms with Gasteiger partial charge >= 0.3 is 6.09 Å². The Hall–Kier alpha value is -4.97. The largest absolute Gasteiger partial charge is 0.465 e. The molecule has 3 aliphatic rings. The van der Waals surface area contributed by atoms with Crippen LogP contribution in [0.1, 0.15) is 82.9 Å². The number of likely N-dealkylation sites (tertiary alicyclic amines) is 1. The number of carbonyl (C=O) groups is 3. The van der Waals surface area contributed by atoms with Crippen molar-refractivity contribution in [2.24, 2.45) is 11.8 Å². The molecule has 1 aliphatic carbocycles.